The first-order chi connectivity index (χ1) is 9.63. The van der Waals surface area contributed by atoms with Crippen molar-refractivity contribution < 1.29 is 14.3 Å². The van der Waals surface area contributed by atoms with Crippen molar-refractivity contribution in [1.29, 1.82) is 0 Å². The van der Waals surface area contributed by atoms with Crippen LogP contribution >= 0.6 is 0 Å². The lowest BCUT2D eigenvalue weighted by Gasteiger charge is -2.37. The molecule has 0 spiro atoms. The Hall–Kier alpha value is -1.81. The molecule has 21 heavy (non-hydrogen) atoms. The number of fused-ring (bicyclic) bond motifs is 1. The van der Waals surface area contributed by atoms with Crippen LogP contribution < -0.4 is 4.43 Å². The van der Waals surface area contributed by atoms with E-state index in [9.17, 15) is 9.90 Å². The molecule has 0 bridgehead atoms. The maximum absolute atomic E-state index is 11.5. The van der Waals surface area contributed by atoms with Crippen molar-refractivity contribution in [3.8, 4) is 5.75 Å². The second-order valence-electron chi connectivity index (χ2n) is 6.83. The Morgan fingerprint density at radius 2 is 1.71 bits per heavy atom. The van der Waals surface area contributed by atoms with Crippen LogP contribution in [0.15, 0.2) is 36.4 Å². The third kappa shape index (κ3) is 2.95. The van der Waals surface area contributed by atoms with Gasteiger partial charge in [0.1, 0.15) is 11.3 Å². The van der Waals surface area contributed by atoms with E-state index in [0.29, 0.717) is 5.75 Å². The molecular formula is C17H22O3Si. The molecule has 2 aromatic rings. The number of rotatable bonds is 3. The third-order valence-corrected chi connectivity index (χ3v) is 8.60. The Morgan fingerprint density at radius 3 is 2.29 bits per heavy atom. The van der Waals surface area contributed by atoms with Gasteiger partial charge in [-0.25, -0.2) is 4.79 Å². The lowest BCUT2D eigenvalue weighted by atomic mass is 10.1. The molecule has 112 valence electrons. The number of carboxylic acids is 1. The fraction of sp³-hybridized carbons (Fsp3) is 0.353. The van der Waals surface area contributed by atoms with Crippen molar-refractivity contribution in [3.63, 3.8) is 0 Å². The second-order valence-corrected chi connectivity index (χ2v) is 11.6. The minimum absolute atomic E-state index is 0.0136. The van der Waals surface area contributed by atoms with Gasteiger partial charge in [-0.3, -0.25) is 0 Å². The Balaban J connectivity index is 2.65. The van der Waals surface area contributed by atoms with Crippen LogP contribution in [0.3, 0.4) is 0 Å². The van der Waals surface area contributed by atoms with Crippen LogP contribution in [0.25, 0.3) is 10.8 Å². The van der Waals surface area contributed by atoms with E-state index in [0.717, 1.165) is 10.8 Å². The molecular weight excluding hydrogens is 280 g/mol. The molecule has 0 atom stereocenters. The molecule has 0 aliphatic heterocycles. The minimum Gasteiger partial charge on any atom is -0.543 e. The van der Waals surface area contributed by atoms with Crippen LogP contribution in [-0.4, -0.2) is 19.4 Å². The molecule has 0 radical (unpaired) electrons. The van der Waals surface area contributed by atoms with E-state index in [1.54, 1.807) is 6.07 Å². The van der Waals surface area contributed by atoms with Crippen molar-refractivity contribution in [3.05, 3.63) is 42.0 Å². The molecule has 0 aliphatic carbocycles. The van der Waals surface area contributed by atoms with E-state index in [2.05, 4.69) is 33.9 Å². The van der Waals surface area contributed by atoms with Crippen molar-refractivity contribution in [1.82, 2.24) is 0 Å². The van der Waals surface area contributed by atoms with E-state index in [4.69, 9.17) is 4.43 Å². The van der Waals surface area contributed by atoms with Crippen molar-refractivity contribution in [2.24, 2.45) is 0 Å². The van der Waals surface area contributed by atoms with E-state index in [1.807, 2.05) is 30.3 Å². The molecule has 4 heteroatoms. The summed E-state index contributed by atoms with van der Waals surface area (Å²) in [4.78, 5) is 11.5. The Morgan fingerprint density at radius 1 is 1.10 bits per heavy atom. The number of benzene rings is 2. The largest absolute Gasteiger partial charge is 0.543 e. The van der Waals surface area contributed by atoms with Gasteiger partial charge in [0, 0.05) is 5.39 Å². The highest BCUT2D eigenvalue weighted by Gasteiger charge is 2.40. The zero-order valence-corrected chi connectivity index (χ0v) is 14.2. The first-order valence-corrected chi connectivity index (χ1v) is 9.98. The summed E-state index contributed by atoms with van der Waals surface area (Å²) >= 11 is 0. The number of hydrogen-bond acceptors (Lipinski definition) is 2. The van der Waals surface area contributed by atoms with Crippen LogP contribution in [0, 0.1) is 0 Å². The number of carboxylic acid groups (broad SMARTS) is 1. The summed E-state index contributed by atoms with van der Waals surface area (Å²) in [6.07, 6.45) is 0. The van der Waals surface area contributed by atoms with E-state index < -0.39 is 14.3 Å². The van der Waals surface area contributed by atoms with Gasteiger partial charge in [-0.05, 0) is 29.6 Å². The lowest BCUT2D eigenvalue weighted by molar-refractivity contribution is 0.0695. The smallest absolute Gasteiger partial charge is 0.339 e. The standard InChI is InChI=1S/C17H22O3Si/c1-17(2,3)21(4,5)20-15-13-9-7-6-8-12(13)10-11-14(15)16(18)19/h6-11H,1-5H3,(H,18,19). The van der Waals surface area contributed by atoms with Gasteiger partial charge in [-0.1, -0.05) is 51.1 Å². The van der Waals surface area contributed by atoms with Gasteiger partial charge in [0.2, 0.25) is 0 Å². The average molecular weight is 302 g/mol. The zero-order chi connectivity index (χ0) is 15.8. The summed E-state index contributed by atoms with van der Waals surface area (Å²) in [5.74, 6) is -0.443. The molecule has 0 aromatic heterocycles. The summed E-state index contributed by atoms with van der Waals surface area (Å²) in [6, 6.07) is 11.2. The van der Waals surface area contributed by atoms with Gasteiger partial charge in [-0.2, -0.15) is 0 Å². The molecule has 3 nitrogen and oxygen atoms in total. The van der Waals surface area contributed by atoms with E-state index in [1.165, 1.54) is 0 Å². The summed E-state index contributed by atoms with van der Waals surface area (Å²) in [5.41, 5.74) is 0.235. The Kier molecular flexibility index (Phi) is 3.85. The number of hydrogen-bond donors (Lipinski definition) is 1. The number of carbonyl (C=O) groups is 1. The summed E-state index contributed by atoms with van der Waals surface area (Å²) in [5, 5.41) is 11.3. The quantitative estimate of drug-likeness (QED) is 0.818. The van der Waals surface area contributed by atoms with Crippen LogP contribution in [0.2, 0.25) is 18.1 Å². The Labute approximate surface area is 126 Å². The predicted molar refractivity (Wildman–Crippen MR) is 88.7 cm³/mol. The van der Waals surface area contributed by atoms with Gasteiger partial charge in [0.15, 0.2) is 0 Å². The van der Waals surface area contributed by atoms with Gasteiger partial charge >= 0.3 is 5.97 Å². The molecule has 1 N–H and O–H groups in total. The van der Waals surface area contributed by atoms with Gasteiger partial charge in [0.05, 0.1) is 0 Å². The number of aromatic carboxylic acids is 1. The van der Waals surface area contributed by atoms with Crippen molar-refractivity contribution in [2.75, 3.05) is 0 Å². The zero-order valence-electron chi connectivity index (χ0n) is 13.2. The summed E-state index contributed by atoms with van der Waals surface area (Å²) in [6.45, 7) is 10.7. The van der Waals surface area contributed by atoms with E-state index >= 15 is 0 Å². The molecule has 0 amide bonds. The minimum atomic E-state index is -2.10. The molecule has 2 aromatic carbocycles. The monoisotopic (exact) mass is 302 g/mol. The van der Waals surface area contributed by atoms with Crippen molar-refractivity contribution in [2.45, 2.75) is 38.9 Å². The van der Waals surface area contributed by atoms with Gasteiger partial charge in [0.25, 0.3) is 8.32 Å². The lowest BCUT2D eigenvalue weighted by Crippen LogP contribution is -2.44. The van der Waals surface area contributed by atoms with Crippen LogP contribution in [0.5, 0.6) is 5.75 Å². The van der Waals surface area contributed by atoms with Crippen molar-refractivity contribution >= 4 is 25.1 Å². The average Bonchev–Trinajstić information content (AvgIpc) is 2.37. The molecule has 0 fully saturated rings. The normalized spacial score (nSPS) is 12.4. The predicted octanol–water partition coefficient (Wildman–Crippen LogP) is 4.92. The molecule has 0 unspecified atom stereocenters. The SMILES string of the molecule is CC(C)(C)[Si](C)(C)Oc1c(C(=O)O)ccc2ccccc12. The van der Waals surface area contributed by atoms with E-state index in [-0.39, 0.29) is 10.6 Å². The van der Waals surface area contributed by atoms with Crippen LogP contribution in [0.1, 0.15) is 31.1 Å². The third-order valence-electron chi connectivity index (χ3n) is 4.27. The molecule has 0 heterocycles. The topological polar surface area (TPSA) is 46.5 Å². The fourth-order valence-electron chi connectivity index (χ4n) is 1.93. The molecule has 2 rings (SSSR count). The highest BCUT2D eigenvalue weighted by Crippen LogP contribution is 2.40. The molecule has 0 saturated heterocycles. The van der Waals surface area contributed by atoms with Gasteiger partial charge in [-0.15, -0.1) is 0 Å². The maximum atomic E-state index is 11.5. The highest BCUT2D eigenvalue weighted by atomic mass is 28.4. The maximum Gasteiger partial charge on any atom is 0.339 e. The van der Waals surface area contributed by atoms with Gasteiger partial charge < -0.3 is 9.53 Å². The first-order valence-electron chi connectivity index (χ1n) is 7.07. The summed E-state index contributed by atoms with van der Waals surface area (Å²) in [7, 11) is -2.10. The van der Waals surface area contributed by atoms with Crippen LogP contribution in [0.4, 0.5) is 0 Å². The second kappa shape index (κ2) is 5.19. The highest BCUT2D eigenvalue weighted by molar-refractivity contribution is 6.74. The fourth-order valence-corrected chi connectivity index (χ4v) is 2.97. The van der Waals surface area contributed by atoms with Crippen LogP contribution in [-0.2, 0) is 0 Å². The summed E-state index contributed by atoms with van der Waals surface area (Å²) < 4.78 is 6.33. The molecule has 0 aliphatic rings. The first kappa shape index (κ1) is 15.6. The molecule has 0 saturated carbocycles. The Bertz CT molecular complexity index is 684.